The van der Waals surface area contributed by atoms with Crippen molar-refractivity contribution in [3.63, 3.8) is 0 Å². The predicted octanol–water partition coefficient (Wildman–Crippen LogP) is 3.48. The lowest BCUT2D eigenvalue weighted by Gasteiger charge is -2.10. The van der Waals surface area contributed by atoms with Gasteiger partial charge in [0.05, 0.1) is 6.54 Å². The molecule has 7 heteroatoms. The highest BCUT2D eigenvalue weighted by atomic mass is 16.1. The number of aryl methyl sites for hydroxylation is 2. The standard InChI is InChI=1S/C24H32N6O/c1-3-5-8-20-17-29(15-6-4-2)24(31)30(20)16-18-10-12-19(13-11-18)21-9-7-14-27-22(21)23(25)28-26/h7,9-14,17H,3-6,8,15-16,26H2,1-2H3,(H2,25,28). The Morgan fingerprint density at radius 1 is 1.10 bits per heavy atom. The summed E-state index contributed by atoms with van der Waals surface area (Å²) in [6.07, 6.45) is 8.88. The van der Waals surface area contributed by atoms with Crippen LogP contribution in [0.4, 0.5) is 0 Å². The molecule has 0 saturated carbocycles. The molecule has 0 atom stereocenters. The molecular weight excluding hydrogens is 388 g/mol. The van der Waals surface area contributed by atoms with Crippen LogP contribution in [0.1, 0.15) is 56.5 Å². The first kappa shape index (κ1) is 22.3. The molecule has 0 saturated heterocycles. The SMILES string of the molecule is CCCCc1cn(CCCC)c(=O)n1Cc1ccc(-c2cccnc2/C(N)=N/N)cc1. The van der Waals surface area contributed by atoms with E-state index in [9.17, 15) is 4.79 Å². The second-order valence-corrected chi connectivity index (χ2v) is 7.75. The molecule has 4 N–H and O–H groups in total. The van der Waals surface area contributed by atoms with Crippen LogP contribution in [0.2, 0.25) is 0 Å². The third-order valence-electron chi connectivity index (χ3n) is 5.46. The molecule has 3 aromatic rings. The van der Waals surface area contributed by atoms with Gasteiger partial charge in [0.2, 0.25) is 0 Å². The van der Waals surface area contributed by atoms with Gasteiger partial charge in [-0.2, -0.15) is 5.10 Å². The number of hydrazone groups is 1. The van der Waals surface area contributed by atoms with Gasteiger partial charge in [0, 0.05) is 30.2 Å². The summed E-state index contributed by atoms with van der Waals surface area (Å²) < 4.78 is 3.77. The number of unbranched alkanes of at least 4 members (excludes halogenated alkanes) is 2. The Bertz CT molecular complexity index is 1080. The Morgan fingerprint density at radius 3 is 2.52 bits per heavy atom. The molecule has 1 aromatic carbocycles. The van der Waals surface area contributed by atoms with Gasteiger partial charge >= 0.3 is 5.69 Å². The van der Waals surface area contributed by atoms with Crippen LogP contribution in [-0.2, 0) is 19.5 Å². The maximum absolute atomic E-state index is 13.0. The highest BCUT2D eigenvalue weighted by Gasteiger charge is 2.13. The van der Waals surface area contributed by atoms with Gasteiger partial charge in [-0.05, 0) is 36.5 Å². The van der Waals surface area contributed by atoms with Crippen LogP contribution in [0.25, 0.3) is 11.1 Å². The van der Waals surface area contributed by atoms with Crippen LogP contribution in [-0.4, -0.2) is 20.0 Å². The number of nitrogens with zero attached hydrogens (tertiary/aromatic N) is 4. The molecule has 164 valence electrons. The van der Waals surface area contributed by atoms with Gasteiger partial charge < -0.3 is 11.6 Å². The van der Waals surface area contributed by atoms with Crippen molar-refractivity contribution in [2.45, 2.75) is 59.0 Å². The Hall–Kier alpha value is -3.35. The summed E-state index contributed by atoms with van der Waals surface area (Å²) in [7, 11) is 0. The molecule has 0 aliphatic heterocycles. The number of imidazole rings is 1. The van der Waals surface area contributed by atoms with Crippen LogP contribution >= 0.6 is 0 Å². The lowest BCUT2D eigenvalue weighted by molar-refractivity contribution is 0.591. The first-order chi connectivity index (χ1) is 15.1. The highest BCUT2D eigenvalue weighted by molar-refractivity contribution is 6.01. The molecular formula is C24H32N6O. The zero-order valence-electron chi connectivity index (χ0n) is 18.4. The van der Waals surface area contributed by atoms with E-state index in [0.717, 1.165) is 61.0 Å². The average molecular weight is 421 g/mol. The molecule has 0 amide bonds. The zero-order valence-corrected chi connectivity index (χ0v) is 18.4. The second-order valence-electron chi connectivity index (χ2n) is 7.75. The first-order valence-electron chi connectivity index (χ1n) is 11.0. The van der Waals surface area contributed by atoms with Crippen LogP contribution in [0.3, 0.4) is 0 Å². The molecule has 31 heavy (non-hydrogen) atoms. The van der Waals surface area contributed by atoms with Gasteiger partial charge in [-0.1, -0.05) is 57.0 Å². The van der Waals surface area contributed by atoms with Crippen molar-refractivity contribution in [3.05, 3.63) is 76.2 Å². The van der Waals surface area contributed by atoms with E-state index >= 15 is 0 Å². The van der Waals surface area contributed by atoms with Crippen molar-refractivity contribution in [1.82, 2.24) is 14.1 Å². The van der Waals surface area contributed by atoms with Crippen molar-refractivity contribution in [1.29, 1.82) is 0 Å². The molecule has 7 nitrogen and oxygen atoms in total. The molecule has 0 radical (unpaired) electrons. The van der Waals surface area contributed by atoms with E-state index in [-0.39, 0.29) is 11.5 Å². The summed E-state index contributed by atoms with van der Waals surface area (Å²) >= 11 is 0. The van der Waals surface area contributed by atoms with E-state index < -0.39 is 0 Å². The molecule has 3 rings (SSSR count). The zero-order chi connectivity index (χ0) is 22.2. The minimum atomic E-state index is 0.0742. The Kier molecular flexibility index (Phi) is 7.65. The molecule has 0 unspecified atom stereocenters. The Labute approximate surface area is 183 Å². The minimum absolute atomic E-state index is 0.0742. The van der Waals surface area contributed by atoms with Gasteiger partial charge in [0.15, 0.2) is 5.84 Å². The van der Waals surface area contributed by atoms with Crippen LogP contribution in [0.15, 0.2) is 58.7 Å². The number of rotatable bonds is 10. The molecule has 0 spiro atoms. The van der Waals surface area contributed by atoms with E-state index in [2.05, 4.69) is 23.9 Å². The lowest BCUT2D eigenvalue weighted by Crippen LogP contribution is -2.25. The predicted molar refractivity (Wildman–Crippen MR) is 126 cm³/mol. The topological polar surface area (TPSA) is 104 Å². The van der Waals surface area contributed by atoms with E-state index in [1.807, 2.05) is 51.7 Å². The summed E-state index contributed by atoms with van der Waals surface area (Å²) in [5, 5.41) is 3.58. The van der Waals surface area contributed by atoms with Crippen LogP contribution < -0.4 is 17.3 Å². The molecule has 0 bridgehead atoms. The minimum Gasteiger partial charge on any atom is -0.380 e. The highest BCUT2D eigenvalue weighted by Crippen LogP contribution is 2.23. The van der Waals surface area contributed by atoms with E-state index in [0.29, 0.717) is 12.2 Å². The maximum atomic E-state index is 13.0. The Morgan fingerprint density at radius 2 is 1.84 bits per heavy atom. The number of hydrogen-bond donors (Lipinski definition) is 2. The van der Waals surface area contributed by atoms with Crippen molar-refractivity contribution in [2.24, 2.45) is 16.7 Å². The molecule has 0 aliphatic rings. The monoisotopic (exact) mass is 420 g/mol. The molecule has 0 fully saturated rings. The Balaban J connectivity index is 1.88. The summed E-state index contributed by atoms with van der Waals surface area (Å²) in [6, 6.07) is 11.9. The molecule has 2 aromatic heterocycles. The fourth-order valence-electron chi connectivity index (χ4n) is 3.67. The normalized spacial score (nSPS) is 11.7. The van der Waals surface area contributed by atoms with Crippen molar-refractivity contribution >= 4 is 5.84 Å². The first-order valence-corrected chi connectivity index (χ1v) is 11.0. The fourth-order valence-corrected chi connectivity index (χ4v) is 3.67. The lowest BCUT2D eigenvalue weighted by atomic mass is 10.0. The largest absolute Gasteiger partial charge is 0.380 e. The second kappa shape index (κ2) is 10.6. The number of hydrogen-bond acceptors (Lipinski definition) is 4. The van der Waals surface area contributed by atoms with Gasteiger partial charge in [-0.3, -0.25) is 14.1 Å². The molecule has 2 heterocycles. The third kappa shape index (κ3) is 5.23. The summed E-state index contributed by atoms with van der Waals surface area (Å²) in [6.45, 7) is 5.64. The summed E-state index contributed by atoms with van der Waals surface area (Å²) in [4.78, 5) is 17.3. The van der Waals surface area contributed by atoms with Gasteiger partial charge in [-0.15, -0.1) is 0 Å². The van der Waals surface area contributed by atoms with Crippen molar-refractivity contribution in [3.8, 4) is 11.1 Å². The smallest absolute Gasteiger partial charge is 0.328 e. The average Bonchev–Trinajstić information content (AvgIpc) is 3.10. The summed E-state index contributed by atoms with van der Waals surface area (Å²) in [5.74, 6) is 5.54. The quantitative estimate of drug-likeness (QED) is 0.227. The third-order valence-corrected chi connectivity index (χ3v) is 5.46. The van der Waals surface area contributed by atoms with Gasteiger partial charge in [0.1, 0.15) is 5.69 Å². The number of benzene rings is 1. The van der Waals surface area contributed by atoms with Crippen LogP contribution in [0.5, 0.6) is 0 Å². The molecule has 0 aliphatic carbocycles. The fraction of sp³-hybridized carbons (Fsp3) is 0.375. The number of aromatic nitrogens is 3. The van der Waals surface area contributed by atoms with E-state index in [4.69, 9.17) is 11.6 Å². The maximum Gasteiger partial charge on any atom is 0.328 e. The van der Waals surface area contributed by atoms with Crippen molar-refractivity contribution in [2.75, 3.05) is 0 Å². The van der Waals surface area contributed by atoms with E-state index in [1.165, 1.54) is 0 Å². The number of nitrogens with two attached hydrogens (primary N) is 2. The number of amidine groups is 1. The van der Waals surface area contributed by atoms with E-state index in [1.54, 1.807) is 6.20 Å². The number of pyridine rings is 1. The van der Waals surface area contributed by atoms with Crippen molar-refractivity contribution < 1.29 is 0 Å². The van der Waals surface area contributed by atoms with Gasteiger partial charge in [0.25, 0.3) is 0 Å². The van der Waals surface area contributed by atoms with Crippen LogP contribution in [0, 0.1) is 0 Å². The van der Waals surface area contributed by atoms with Gasteiger partial charge in [-0.25, -0.2) is 4.79 Å². The summed E-state index contributed by atoms with van der Waals surface area (Å²) in [5.41, 5.74) is 10.5.